The molecule has 0 bridgehead atoms. The zero-order valence-electron chi connectivity index (χ0n) is 3.92. The second kappa shape index (κ2) is 1.65. The largest absolute Gasteiger partial charge is 0.364 e. The van der Waals surface area contributed by atoms with Crippen LogP contribution in [0.3, 0.4) is 0 Å². The van der Waals surface area contributed by atoms with Gasteiger partial charge in [0.15, 0.2) is 0 Å². The van der Waals surface area contributed by atoms with Gasteiger partial charge in [-0.25, -0.2) is 0 Å². The molecule has 1 rings (SSSR count). The molecule has 0 spiro atoms. The van der Waals surface area contributed by atoms with Crippen LogP contribution in [-0.2, 0) is 0 Å². The van der Waals surface area contributed by atoms with E-state index in [1.54, 1.807) is 0 Å². The number of hydrogen-bond acceptors (Lipinski definition) is 3. The van der Waals surface area contributed by atoms with Gasteiger partial charge in [0.05, 0.1) is 6.20 Å². The van der Waals surface area contributed by atoms with Crippen LogP contribution in [-0.4, -0.2) is 11.1 Å². The molecule has 8 heavy (non-hydrogen) atoms. The molecule has 1 amide bonds. The Hall–Kier alpha value is -1.32. The highest BCUT2D eigenvalue weighted by molar-refractivity contribution is 5.91. The fourth-order valence-corrected chi connectivity index (χ4v) is 0.317. The van der Waals surface area contributed by atoms with Crippen LogP contribution in [0, 0.1) is 0 Å². The van der Waals surface area contributed by atoms with Crippen LogP contribution in [0.4, 0.5) is 0 Å². The normalized spacial score (nSPS) is 9.00. The summed E-state index contributed by atoms with van der Waals surface area (Å²) in [4.78, 5) is 10.1. The van der Waals surface area contributed by atoms with Crippen LogP contribution in [0.1, 0.15) is 10.4 Å². The van der Waals surface area contributed by atoms with E-state index in [0.29, 0.717) is 0 Å². The van der Waals surface area contributed by atoms with E-state index in [1.807, 2.05) is 0 Å². The molecule has 41 valence electrons. The average molecular weight is 111 g/mol. The second-order valence-corrected chi connectivity index (χ2v) is 1.24. The quantitative estimate of drug-likeness (QED) is 0.516. The Morgan fingerprint density at radius 2 is 2.62 bits per heavy atom. The third-order valence-electron chi connectivity index (χ3n) is 0.695. The number of carbonyl (C=O) groups is 1. The highest BCUT2D eigenvalue weighted by atomic mass is 16.5. The van der Waals surface area contributed by atoms with Gasteiger partial charge < -0.3 is 4.52 Å². The van der Waals surface area contributed by atoms with Gasteiger partial charge in [0, 0.05) is 0 Å². The Morgan fingerprint density at radius 3 is 2.88 bits per heavy atom. The van der Waals surface area contributed by atoms with Gasteiger partial charge in [-0.2, -0.15) is 0 Å². The molecule has 0 aromatic carbocycles. The maximum atomic E-state index is 10.1. The predicted molar refractivity (Wildman–Crippen MR) is 23.9 cm³/mol. The molecule has 4 nitrogen and oxygen atoms in total. The van der Waals surface area contributed by atoms with Crippen LogP contribution >= 0.6 is 0 Å². The number of aromatic nitrogens is 1. The third-order valence-corrected chi connectivity index (χ3v) is 0.695. The monoisotopic (exact) mass is 111 g/mol. The van der Waals surface area contributed by atoms with Crippen molar-refractivity contribution in [1.29, 1.82) is 0 Å². The molecule has 0 unspecified atom stereocenters. The van der Waals surface area contributed by atoms with E-state index in [2.05, 4.69) is 9.68 Å². The van der Waals surface area contributed by atoms with E-state index in [0.717, 1.165) is 6.26 Å². The minimum absolute atomic E-state index is 0.185. The Bertz CT molecular complexity index is 180. The number of carbonyl (C=O) groups excluding carboxylic acids is 1. The first-order valence-corrected chi connectivity index (χ1v) is 1.96. The summed E-state index contributed by atoms with van der Waals surface area (Å²) in [6.45, 7) is 0. The topological polar surface area (TPSA) is 66.9 Å². The van der Waals surface area contributed by atoms with Gasteiger partial charge in [-0.1, -0.05) is 5.16 Å². The standard InChI is InChI=1S/C4H3N2O2/c5-4(7)3-1-6-8-2-3/h1-2,5H. The minimum atomic E-state index is -0.772. The first kappa shape index (κ1) is 4.83. The zero-order chi connectivity index (χ0) is 5.98. The van der Waals surface area contributed by atoms with Crippen molar-refractivity contribution in [3.8, 4) is 0 Å². The van der Waals surface area contributed by atoms with Gasteiger partial charge >= 0.3 is 0 Å². The lowest BCUT2D eigenvalue weighted by Gasteiger charge is -1.74. The molecule has 1 heterocycles. The fraction of sp³-hybridized carbons (Fsp3) is 0. The molecular formula is C4H3N2O2. The number of nitrogens with zero attached hydrogens (tertiary/aromatic N) is 1. The molecule has 1 N–H and O–H groups in total. The van der Waals surface area contributed by atoms with Crippen molar-refractivity contribution in [3.05, 3.63) is 18.0 Å². The van der Waals surface area contributed by atoms with Crippen LogP contribution in [0.25, 0.3) is 0 Å². The molecule has 0 aliphatic rings. The Morgan fingerprint density at radius 1 is 1.88 bits per heavy atom. The summed E-state index contributed by atoms with van der Waals surface area (Å²) in [5.74, 6) is -0.772. The molecule has 1 aromatic rings. The van der Waals surface area contributed by atoms with Gasteiger partial charge in [-0.05, 0) is 0 Å². The van der Waals surface area contributed by atoms with E-state index >= 15 is 0 Å². The van der Waals surface area contributed by atoms with Crippen LogP contribution in [0.15, 0.2) is 17.0 Å². The van der Waals surface area contributed by atoms with Crippen molar-refractivity contribution < 1.29 is 9.32 Å². The van der Waals surface area contributed by atoms with Crippen molar-refractivity contribution in [3.63, 3.8) is 0 Å². The number of rotatable bonds is 1. The minimum Gasteiger partial charge on any atom is -0.364 e. The molecule has 4 heteroatoms. The molecule has 0 atom stereocenters. The Kier molecular flexibility index (Phi) is 0.997. The van der Waals surface area contributed by atoms with E-state index < -0.39 is 5.91 Å². The molecule has 0 aliphatic heterocycles. The number of hydrogen-bond donors (Lipinski definition) is 0. The summed E-state index contributed by atoms with van der Waals surface area (Å²) in [7, 11) is 0. The van der Waals surface area contributed by atoms with E-state index in [4.69, 9.17) is 5.73 Å². The van der Waals surface area contributed by atoms with Gasteiger partial charge in [0.1, 0.15) is 11.8 Å². The molecule has 0 saturated carbocycles. The average Bonchev–Trinajstić information content (AvgIpc) is 2.12. The first-order chi connectivity index (χ1) is 3.80. The molecule has 1 aromatic heterocycles. The maximum Gasteiger partial charge on any atom is 0.274 e. The van der Waals surface area contributed by atoms with Crippen LogP contribution < -0.4 is 5.73 Å². The molecule has 0 fully saturated rings. The number of nitrogens with one attached hydrogen (secondary N) is 1. The second-order valence-electron chi connectivity index (χ2n) is 1.24. The van der Waals surface area contributed by atoms with Gasteiger partial charge in [-0.3, -0.25) is 10.5 Å². The molecule has 0 aliphatic carbocycles. The summed E-state index contributed by atoms with van der Waals surface area (Å²) in [6, 6.07) is 0. The van der Waals surface area contributed by atoms with E-state index in [-0.39, 0.29) is 5.56 Å². The third kappa shape index (κ3) is 0.676. The van der Waals surface area contributed by atoms with Crippen molar-refractivity contribution in [2.45, 2.75) is 0 Å². The Labute approximate surface area is 45.3 Å². The summed E-state index contributed by atoms with van der Waals surface area (Å²) >= 11 is 0. The van der Waals surface area contributed by atoms with E-state index in [9.17, 15) is 4.79 Å². The fourth-order valence-electron chi connectivity index (χ4n) is 0.317. The van der Waals surface area contributed by atoms with Crippen molar-refractivity contribution in [2.75, 3.05) is 0 Å². The molecule has 1 radical (unpaired) electrons. The highest BCUT2D eigenvalue weighted by Gasteiger charge is 2.00. The lowest BCUT2D eigenvalue weighted by molar-refractivity contribution is 0.0991. The van der Waals surface area contributed by atoms with Gasteiger partial charge in [0.25, 0.3) is 5.91 Å². The van der Waals surface area contributed by atoms with Crippen molar-refractivity contribution in [1.82, 2.24) is 10.9 Å². The predicted octanol–water partition coefficient (Wildman–Crippen LogP) is 0.0977. The van der Waals surface area contributed by atoms with Gasteiger partial charge in [0.2, 0.25) is 0 Å². The summed E-state index contributed by atoms with van der Waals surface area (Å²) in [5.41, 5.74) is 6.68. The van der Waals surface area contributed by atoms with Crippen molar-refractivity contribution in [2.24, 2.45) is 0 Å². The van der Waals surface area contributed by atoms with Crippen LogP contribution in [0.2, 0.25) is 0 Å². The summed E-state index contributed by atoms with van der Waals surface area (Å²) in [6.07, 6.45) is 2.34. The van der Waals surface area contributed by atoms with Gasteiger partial charge in [-0.15, -0.1) is 0 Å². The Balaban J connectivity index is 2.93. The lowest BCUT2D eigenvalue weighted by Crippen LogP contribution is -1.94. The van der Waals surface area contributed by atoms with Crippen molar-refractivity contribution >= 4 is 5.91 Å². The van der Waals surface area contributed by atoms with E-state index in [1.165, 1.54) is 6.20 Å². The number of amides is 1. The maximum absolute atomic E-state index is 10.1. The zero-order valence-corrected chi connectivity index (χ0v) is 3.92. The molecule has 0 saturated heterocycles. The lowest BCUT2D eigenvalue weighted by atomic mass is 10.4. The highest BCUT2D eigenvalue weighted by Crippen LogP contribution is 1.92. The van der Waals surface area contributed by atoms with Crippen LogP contribution in [0.5, 0.6) is 0 Å². The molecular weight excluding hydrogens is 108 g/mol. The summed E-state index contributed by atoms with van der Waals surface area (Å²) < 4.78 is 4.28. The SMILES string of the molecule is [NH]C(=O)c1cnoc1. The summed E-state index contributed by atoms with van der Waals surface area (Å²) in [5, 5.41) is 3.23. The smallest absolute Gasteiger partial charge is 0.274 e. The first-order valence-electron chi connectivity index (χ1n) is 1.96.